The summed E-state index contributed by atoms with van der Waals surface area (Å²) in [6.07, 6.45) is 3.63. The number of benzene rings is 1. The van der Waals surface area contributed by atoms with Crippen LogP contribution in [0.5, 0.6) is 0 Å². The molecule has 2 amide bonds. The average Bonchev–Trinajstić information content (AvgIpc) is 2.66. The molecule has 1 heterocycles. The van der Waals surface area contributed by atoms with Gasteiger partial charge in [-0.15, -0.1) is 0 Å². The standard InChI is InChI=1S/C17H24N2O2/c1-2-12-18-15(14-8-4-3-5-9-14)13-19-16(20)10-6-7-11-17(19)21/h3-5,8-9,15,18H,2,6-7,10-13H2,1H3. The molecule has 1 aromatic rings. The van der Waals surface area contributed by atoms with E-state index in [4.69, 9.17) is 0 Å². The van der Waals surface area contributed by atoms with Crippen molar-refractivity contribution in [3.05, 3.63) is 35.9 Å². The van der Waals surface area contributed by atoms with Gasteiger partial charge in [0.05, 0.1) is 6.04 Å². The Hall–Kier alpha value is -1.68. The molecule has 0 spiro atoms. The van der Waals surface area contributed by atoms with Crippen molar-refractivity contribution in [2.75, 3.05) is 13.1 Å². The van der Waals surface area contributed by atoms with Crippen LogP contribution in [-0.2, 0) is 9.59 Å². The quantitative estimate of drug-likeness (QED) is 0.819. The van der Waals surface area contributed by atoms with Gasteiger partial charge in [0.25, 0.3) is 0 Å². The highest BCUT2D eigenvalue weighted by Crippen LogP contribution is 2.19. The molecule has 0 aliphatic carbocycles. The van der Waals surface area contributed by atoms with Gasteiger partial charge in [0.1, 0.15) is 0 Å². The fourth-order valence-electron chi connectivity index (χ4n) is 2.64. The number of imide groups is 1. The third-order valence-electron chi connectivity index (χ3n) is 3.84. The molecular weight excluding hydrogens is 264 g/mol. The predicted octanol–water partition coefficient (Wildman–Crippen LogP) is 2.66. The summed E-state index contributed by atoms with van der Waals surface area (Å²) in [5.41, 5.74) is 1.12. The van der Waals surface area contributed by atoms with E-state index < -0.39 is 0 Å². The lowest BCUT2D eigenvalue weighted by atomic mass is 10.1. The molecule has 1 aromatic carbocycles. The van der Waals surface area contributed by atoms with Crippen molar-refractivity contribution in [1.82, 2.24) is 10.2 Å². The Morgan fingerprint density at radius 2 is 1.71 bits per heavy atom. The van der Waals surface area contributed by atoms with E-state index in [-0.39, 0.29) is 17.9 Å². The van der Waals surface area contributed by atoms with Gasteiger partial charge in [0.2, 0.25) is 11.8 Å². The second-order valence-corrected chi connectivity index (χ2v) is 5.52. The van der Waals surface area contributed by atoms with Crippen LogP contribution in [0.1, 0.15) is 50.6 Å². The number of hydrogen-bond acceptors (Lipinski definition) is 3. The first-order valence-electron chi connectivity index (χ1n) is 7.84. The van der Waals surface area contributed by atoms with E-state index in [1.54, 1.807) is 0 Å². The van der Waals surface area contributed by atoms with Gasteiger partial charge in [-0.25, -0.2) is 0 Å². The Morgan fingerprint density at radius 3 is 2.29 bits per heavy atom. The van der Waals surface area contributed by atoms with Crippen LogP contribution in [0.4, 0.5) is 0 Å². The van der Waals surface area contributed by atoms with Gasteiger partial charge in [-0.05, 0) is 31.4 Å². The first-order chi connectivity index (χ1) is 10.2. The Bertz CT molecular complexity index is 455. The third kappa shape index (κ3) is 4.39. The van der Waals surface area contributed by atoms with E-state index in [0.29, 0.717) is 19.4 Å². The predicted molar refractivity (Wildman–Crippen MR) is 82.7 cm³/mol. The minimum atomic E-state index is -0.0308. The highest BCUT2D eigenvalue weighted by molar-refractivity contribution is 5.96. The number of nitrogens with zero attached hydrogens (tertiary/aromatic N) is 1. The number of amides is 2. The molecule has 0 radical (unpaired) electrons. The van der Waals surface area contributed by atoms with Crippen LogP contribution < -0.4 is 5.32 Å². The summed E-state index contributed by atoms with van der Waals surface area (Å²) in [5.74, 6) is -0.0616. The normalized spacial score (nSPS) is 17.7. The fourth-order valence-corrected chi connectivity index (χ4v) is 2.64. The minimum Gasteiger partial charge on any atom is -0.308 e. The van der Waals surface area contributed by atoms with Gasteiger partial charge in [-0.1, -0.05) is 37.3 Å². The van der Waals surface area contributed by atoms with Crippen LogP contribution in [0.15, 0.2) is 30.3 Å². The molecule has 1 N–H and O–H groups in total. The molecule has 2 rings (SSSR count). The van der Waals surface area contributed by atoms with Gasteiger partial charge >= 0.3 is 0 Å². The SMILES string of the molecule is CCCNC(CN1C(=O)CCCCC1=O)c1ccccc1. The zero-order chi connectivity index (χ0) is 15.1. The first kappa shape index (κ1) is 15.7. The number of rotatable bonds is 6. The molecule has 1 atom stereocenters. The van der Waals surface area contributed by atoms with Crippen LogP contribution in [-0.4, -0.2) is 29.8 Å². The summed E-state index contributed by atoms with van der Waals surface area (Å²) in [5, 5.41) is 3.45. The molecule has 1 fully saturated rings. The Balaban J connectivity index is 2.13. The number of nitrogens with one attached hydrogen (secondary N) is 1. The van der Waals surface area contributed by atoms with Crippen LogP contribution >= 0.6 is 0 Å². The smallest absolute Gasteiger partial charge is 0.229 e. The van der Waals surface area contributed by atoms with E-state index >= 15 is 0 Å². The maximum absolute atomic E-state index is 12.1. The highest BCUT2D eigenvalue weighted by atomic mass is 16.2. The summed E-state index contributed by atoms with van der Waals surface area (Å²) >= 11 is 0. The molecule has 4 nitrogen and oxygen atoms in total. The van der Waals surface area contributed by atoms with Crippen molar-refractivity contribution in [1.29, 1.82) is 0 Å². The van der Waals surface area contributed by atoms with Gasteiger partial charge in [-0.2, -0.15) is 0 Å². The van der Waals surface area contributed by atoms with Crippen molar-refractivity contribution >= 4 is 11.8 Å². The maximum atomic E-state index is 12.1. The first-order valence-corrected chi connectivity index (χ1v) is 7.84. The molecule has 0 bridgehead atoms. The Kier molecular flexibility index (Phi) is 5.93. The summed E-state index contributed by atoms with van der Waals surface area (Å²) in [4.78, 5) is 25.7. The highest BCUT2D eigenvalue weighted by Gasteiger charge is 2.27. The molecule has 21 heavy (non-hydrogen) atoms. The van der Waals surface area contributed by atoms with E-state index in [1.807, 2.05) is 30.3 Å². The van der Waals surface area contributed by atoms with Crippen LogP contribution in [0.25, 0.3) is 0 Å². The maximum Gasteiger partial charge on any atom is 0.229 e. The third-order valence-corrected chi connectivity index (χ3v) is 3.84. The molecular formula is C17H24N2O2. The van der Waals surface area contributed by atoms with E-state index in [2.05, 4.69) is 12.2 Å². The van der Waals surface area contributed by atoms with E-state index in [9.17, 15) is 9.59 Å². The van der Waals surface area contributed by atoms with Crippen LogP contribution in [0, 0.1) is 0 Å². The van der Waals surface area contributed by atoms with Gasteiger partial charge in [-0.3, -0.25) is 14.5 Å². The topological polar surface area (TPSA) is 49.4 Å². The van der Waals surface area contributed by atoms with Crippen molar-refractivity contribution in [3.63, 3.8) is 0 Å². The number of carbonyl (C=O) groups excluding carboxylic acids is 2. The molecule has 0 aromatic heterocycles. The number of hydrogen-bond donors (Lipinski definition) is 1. The van der Waals surface area contributed by atoms with Gasteiger partial charge in [0.15, 0.2) is 0 Å². The monoisotopic (exact) mass is 288 g/mol. The fraction of sp³-hybridized carbons (Fsp3) is 0.529. The summed E-state index contributed by atoms with van der Waals surface area (Å²) in [6.45, 7) is 3.41. The summed E-state index contributed by atoms with van der Waals surface area (Å²) in [7, 11) is 0. The molecule has 1 aliphatic rings. The second kappa shape index (κ2) is 7.93. The molecule has 114 valence electrons. The minimum absolute atomic E-state index is 0.0112. The molecule has 4 heteroatoms. The van der Waals surface area contributed by atoms with Crippen molar-refractivity contribution in [3.8, 4) is 0 Å². The van der Waals surface area contributed by atoms with Crippen molar-refractivity contribution in [2.45, 2.75) is 45.1 Å². The van der Waals surface area contributed by atoms with E-state index in [1.165, 1.54) is 4.90 Å². The van der Waals surface area contributed by atoms with Crippen molar-refractivity contribution < 1.29 is 9.59 Å². The lowest BCUT2D eigenvalue weighted by molar-refractivity contribution is -0.144. The Morgan fingerprint density at radius 1 is 1.10 bits per heavy atom. The lowest BCUT2D eigenvalue weighted by Gasteiger charge is -2.26. The molecule has 0 saturated carbocycles. The zero-order valence-corrected chi connectivity index (χ0v) is 12.7. The summed E-state index contributed by atoms with van der Waals surface area (Å²) < 4.78 is 0. The Labute approximate surface area is 126 Å². The zero-order valence-electron chi connectivity index (χ0n) is 12.7. The van der Waals surface area contributed by atoms with Crippen molar-refractivity contribution in [2.24, 2.45) is 0 Å². The number of likely N-dealkylation sites (tertiary alicyclic amines) is 1. The summed E-state index contributed by atoms with van der Waals surface area (Å²) in [6, 6.07) is 10.0. The van der Waals surface area contributed by atoms with E-state index in [0.717, 1.165) is 31.4 Å². The molecule has 1 aliphatic heterocycles. The molecule has 1 saturated heterocycles. The van der Waals surface area contributed by atoms with Crippen LogP contribution in [0.3, 0.4) is 0 Å². The van der Waals surface area contributed by atoms with Gasteiger partial charge < -0.3 is 5.32 Å². The van der Waals surface area contributed by atoms with Gasteiger partial charge in [0, 0.05) is 19.4 Å². The molecule has 1 unspecified atom stereocenters. The second-order valence-electron chi connectivity index (χ2n) is 5.52. The lowest BCUT2D eigenvalue weighted by Crippen LogP contribution is -2.42. The largest absolute Gasteiger partial charge is 0.308 e. The number of carbonyl (C=O) groups is 2. The average molecular weight is 288 g/mol. The van der Waals surface area contributed by atoms with Crippen LogP contribution in [0.2, 0.25) is 0 Å².